The number of rotatable bonds is 8. The minimum absolute atomic E-state index is 0.166. The van der Waals surface area contributed by atoms with Gasteiger partial charge in [-0.05, 0) is 48.9 Å². The van der Waals surface area contributed by atoms with Gasteiger partial charge in [-0.25, -0.2) is 0 Å². The van der Waals surface area contributed by atoms with Crippen LogP contribution >= 0.6 is 0 Å². The molecule has 1 saturated carbocycles. The van der Waals surface area contributed by atoms with Gasteiger partial charge in [-0.3, -0.25) is 5.41 Å². The minimum atomic E-state index is -0.908. The molecule has 0 unspecified atom stereocenters. The molecule has 4 nitrogen and oxygen atoms in total. The summed E-state index contributed by atoms with van der Waals surface area (Å²) >= 11 is 0. The van der Waals surface area contributed by atoms with Crippen LogP contribution in [0.5, 0.6) is 5.75 Å². The van der Waals surface area contributed by atoms with Gasteiger partial charge >= 0.3 is 0 Å². The van der Waals surface area contributed by atoms with Crippen molar-refractivity contribution in [3.8, 4) is 5.75 Å². The van der Waals surface area contributed by atoms with Crippen LogP contribution in [0.15, 0.2) is 79.0 Å². The van der Waals surface area contributed by atoms with E-state index >= 15 is 0 Å². The van der Waals surface area contributed by atoms with E-state index in [1.165, 1.54) is 12.8 Å². The number of ether oxygens (including phenoxy) is 1. The third-order valence-electron chi connectivity index (χ3n) is 5.96. The lowest BCUT2D eigenvalue weighted by Crippen LogP contribution is -2.46. The van der Waals surface area contributed by atoms with E-state index in [-0.39, 0.29) is 11.6 Å². The quantitative estimate of drug-likeness (QED) is 0.559. The number of benzene rings is 2. The molecule has 0 spiro atoms. The van der Waals surface area contributed by atoms with Crippen molar-refractivity contribution in [3.63, 3.8) is 0 Å². The first-order valence-corrected chi connectivity index (χ1v) is 10.7. The Balaban J connectivity index is 1.76. The summed E-state index contributed by atoms with van der Waals surface area (Å²) in [5.74, 6) is 0.553. The predicted molar refractivity (Wildman–Crippen MR) is 118 cm³/mol. The van der Waals surface area contributed by atoms with E-state index in [1.807, 2.05) is 79.0 Å². The molecule has 1 fully saturated rings. The highest BCUT2D eigenvalue weighted by Gasteiger charge is 2.33. The van der Waals surface area contributed by atoms with Gasteiger partial charge in [0.25, 0.3) is 0 Å². The minimum Gasteiger partial charge on any atom is -0.487 e. The lowest BCUT2D eigenvalue weighted by molar-refractivity contribution is -0.115. The third-order valence-corrected chi connectivity index (χ3v) is 5.96. The largest absolute Gasteiger partial charge is 0.487 e. The number of aromatic nitrogens is 1. The number of hydrogen-bond acceptors (Lipinski definition) is 3. The molecule has 1 N–H and O–H groups in total. The third kappa shape index (κ3) is 4.38. The highest BCUT2D eigenvalue weighted by atomic mass is 16.5. The van der Waals surface area contributed by atoms with Gasteiger partial charge in [0.05, 0.1) is 6.10 Å². The molecular weight excluding hydrogens is 372 g/mol. The second-order valence-corrected chi connectivity index (χ2v) is 8.16. The van der Waals surface area contributed by atoms with E-state index in [0.29, 0.717) is 18.6 Å². The van der Waals surface area contributed by atoms with Crippen molar-refractivity contribution in [1.29, 1.82) is 5.41 Å². The number of aldehydes is 1. The van der Waals surface area contributed by atoms with E-state index in [9.17, 15) is 4.79 Å². The summed E-state index contributed by atoms with van der Waals surface area (Å²) in [7, 11) is 0. The molecule has 1 heterocycles. The Morgan fingerprint density at radius 3 is 2.00 bits per heavy atom. The van der Waals surface area contributed by atoms with Gasteiger partial charge in [-0.1, -0.05) is 60.7 Å². The van der Waals surface area contributed by atoms with Crippen molar-refractivity contribution >= 4 is 6.29 Å². The van der Waals surface area contributed by atoms with Crippen LogP contribution in [-0.4, -0.2) is 17.0 Å². The molecule has 0 saturated heterocycles. The monoisotopic (exact) mass is 400 g/mol. The standard InChI is InChI=1S/C26H28N2O2/c27-25-24(30-23-14-7-8-15-23)16-9-17-28(25)26(20-29,18-21-10-3-1-4-11-21)19-22-12-5-2-6-13-22/h1-6,9-13,16-17,20,23,27H,7-8,14-15,18-19H2. The van der Waals surface area contributed by atoms with E-state index in [4.69, 9.17) is 10.1 Å². The zero-order valence-corrected chi connectivity index (χ0v) is 17.2. The zero-order valence-electron chi connectivity index (χ0n) is 17.2. The van der Waals surface area contributed by atoms with Crippen LogP contribution in [0.25, 0.3) is 0 Å². The number of hydrogen-bond donors (Lipinski definition) is 1. The maximum absolute atomic E-state index is 12.7. The molecule has 3 aromatic rings. The maximum Gasteiger partial charge on any atom is 0.168 e. The molecule has 0 radical (unpaired) electrons. The van der Waals surface area contributed by atoms with Gasteiger partial charge in [-0.2, -0.15) is 0 Å². The zero-order chi connectivity index (χ0) is 20.8. The average Bonchev–Trinajstić information content (AvgIpc) is 3.29. The molecular formula is C26H28N2O2. The fraction of sp³-hybridized carbons (Fsp3) is 0.308. The molecule has 0 amide bonds. The van der Waals surface area contributed by atoms with Gasteiger partial charge in [-0.15, -0.1) is 0 Å². The van der Waals surface area contributed by atoms with Crippen molar-refractivity contribution in [3.05, 3.63) is 95.6 Å². The Morgan fingerprint density at radius 2 is 1.47 bits per heavy atom. The van der Waals surface area contributed by atoms with Gasteiger partial charge < -0.3 is 14.1 Å². The first-order valence-electron chi connectivity index (χ1n) is 10.7. The maximum atomic E-state index is 12.7. The molecule has 0 atom stereocenters. The normalized spacial score (nSPS) is 14.5. The smallest absolute Gasteiger partial charge is 0.168 e. The fourth-order valence-corrected chi connectivity index (χ4v) is 4.41. The summed E-state index contributed by atoms with van der Waals surface area (Å²) in [6, 6.07) is 23.8. The molecule has 1 aromatic heterocycles. The summed E-state index contributed by atoms with van der Waals surface area (Å²) in [5.41, 5.74) is 1.47. The van der Waals surface area contributed by atoms with E-state index < -0.39 is 5.54 Å². The predicted octanol–water partition coefficient (Wildman–Crippen LogP) is 4.67. The Kier molecular flexibility index (Phi) is 6.12. The Hall–Kier alpha value is -3.14. The van der Waals surface area contributed by atoms with Crippen LogP contribution in [-0.2, 0) is 23.2 Å². The second kappa shape index (κ2) is 9.12. The van der Waals surface area contributed by atoms with Gasteiger partial charge in [0.1, 0.15) is 11.8 Å². The summed E-state index contributed by atoms with van der Waals surface area (Å²) < 4.78 is 7.96. The Morgan fingerprint density at radius 1 is 0.900 bits per heavy atom. The SMILES string of the molecule is N=c1c(OC2CCCC2)cccn1C(C=O)(Cc1ccccc1)Cc1ccccc1. The van der Waals surface area contributed by atoms with Crippen LogP contribution in [0.2, 0.25) is 0 Å². The van der Waals surface area contributed by atoms with Gasteiger partial charge in [0.15, 0.2) is 11.2 Å². The highest BCUT2D eigenvalue weighted by molar-refractivity contribution is 5.64. The number of nitrogens with one attached hydrogen (secondary N) is 1. The van der Waals surface area contributed by atoms with Crippen LogP contribution < -0.4 is 10.2 Å². The van der Waals surface area contributed by atoms with E-state index in [0.717, 1.165) is 30.3 Å². The lowest BCUT2D eigenvalue weighted by Gasteiger charge is -2.32. The first-order chi connectivity index (χ1) is 14.7. The van der Waals surface area contributed by atoms with Gasteiger partial charge in [0.2, 0.25) is 0 Å². The van der Waals surface area contributed by atoms with Gasteiger partial charge in [0, 0.05) is 19.0 Å². The molecule has 0 aliphatic heterocycles. The summed E-state index contributed by atoms with van der Waals surface area (Å²) in [6.45, 7) is 0. The number of pyridine rings is 1. The first kappa shape index (κ1) is 20.1. The Bertz CT molecular complexity index is 980. The molecule has 1 aliphatic rings. The molecule has 1 aliphatic carbocycles. The van der Waals surface area contributed by atoms with Crippen LogP contribution in [0, 0.1) is 5.41 Å². The van der Waals surface area contributed by atoms with Crippen LogP contribution in [0.4, 0.5) is 0 Å². The van der Waals surface area contributed by atoms with Crippen molar-refractivity contribution in [1.82, 2.24) is 4.57 Å². The van der Waals surface area contributed by atoms with Crippen molar-refractivity contribution in [2.45, 2.75) is 50.2 Å². The number of carbonyl (C=O) groups excluding carboxylic acids is 1. The van der Waals surface area contributed by atoms with E-state index in [2.05, 4.69) is 0 Å². The molecule has 154 valence electrons. The summed E-state index contributed by atoms with van der Waals surface area (Å²) in [4.78, 5) is 12.7. The van der Waals surface area contributed by atoms with E-state index in [1.54, 1.807) is 4.57 Å². The van der Waals surface area contributed by atoms with Crippen LogP contribution in [0.1, 0.15) is 36.8 Å². The summed E-state index contributed by atoms with van der Waals surface area (Å²) in [5, 5.41) is 8.88. The Labute approximate surface area is 177 Å². The average molecular weight is 401 g/mol. The topological polar surface area (TPSA) is 55.1 Å². The molecule has 4 rings (SSSR count). The number of nitrogens with zero attached hydrogens (tertiary/aromatic N) is 1. The molecule has 0 bridgehead atoms. The van der Waals surface area contributed by atoms with Crippen LogP contribution in [0.3, 0.4) is 0 Å². The molecule has 4 heteroatoms. The molecule has 2 aromatic carbocycles. The van der Waals surface area contributed by atoms with Crippen molar-refractivity contribution in [2.24, 2.45) is 0 Å². The second-order valence-electron chi connectivity index (χ2n) is 8.16. The highest BCUT2D eigenvalue weighted by Crippen LogP contribution is 2.26. The lowest BCUT2D eigenvalue weighted by atomic mass is 9.85. The summed E-state index contributed by atoms with van der Waals surface area (Å²) in [6.07, 6.45) is 8.43. The molecule has 30 heavy (non-hydrogen) atoms. The van der Waals surface area contributed by atoms with Crippen molar-refractivity contribution in [2.75, 3.05) is 0 Å². The van der Waals surface area contributed by atoms with Crippen molar-refractivity contribution < 1.29 is 9.53 Å². The number of carbonyl (C=O) groups is 1. The fourth-order valence-electron chi connectivity index (χ4n) is 4.41.